The molecule has 98 valence electrons. The molecule has 4 nitrogen and oxygen atoms in total. The maximum absolute atomic E-state index is 12.1. The van der Waals surface area contributed by atoms with Crippen molar-refractivity contribution >= 4 is 11.7 Å². The highest BCUT2D eigenvalue weighted by molar-refractivity contribution is 5.89. The molecular formula is C14H20N2O2. The number of carbonyl (C=O) groups is 1. The van der Waals surface area contributed by atoms with Gasteiger partial charge in [-0.05, 0) is 30.9 Å². The first-order chi connectivity index (χ1) is 8.69. The van der Waals surface area contributed by atoms with Gasteiger partial charge in [-0.25, -0.2) is 4.79 Å². The van der Waals surface area contributed by atoms with E-state index in [0.29, 0.717) is 5.92 Å². The second kappa shape index (κ2) is 5.76. The number of urea groups is 1. The molecule has 0 bridgehead atoms. The van der Waals surface area contributed by atoms with Crippen LogP contribution in [-0.4, -0.2) is 31.1 Å². The van der Waals surface area contributed by atoms with Gasteiger partial charge in [0.15, 0.2) is 0 Å². The van der Waals surface area contributed by atoms with E-state index in [0.717, 1.165) is 30.9 Å². The van der Waals surface area contributed by atoms with Gasteiger partial charge in [0.05, 0.1) is 7.11 Å². The molecule has 1 aliphatic heterocycles. The van der Waals surface area contributed by atoms with E-state index >= 15 is 0 Å². The maximum atomic E-state index is 12.1. The number of hydrogen-bond acceptors (Lipinski definition) is 2. The average molecular weight is 248 g/mol. The van der Waals surface area contributed by atoms with Crippen LogP contribution in [0.3, 0.4) is 0 Å². The summed E-state index contributed by atoms with van der Waals surface area (Å²) < 4.78 is 5.13. The van der Waals surface area contributed by atoms with Crippen LogP contribution in [0.15, 0.2) is 24.3 Å². The highest BCUT2D eigenvalue weighted by Gasteiger charge is 2.20. The number of likely N-dealkylation sites (tertiary alicyclic amines) is 1. The van der Waals surface area contributed by atoms with Crippen LogP contribution in [-0.2, 0) is 0 Å². The number of benzene rings is 1. The number of nitrogens with zero attached hydrogens (tertiary/aromatic N) is 1. The zero-order valence-corrected chi connectivity index (χ0v) is 11.0. The van der Waals surface area contributed by atoms with Crippen LogP contribution >= 0.6 is 0 Å². The molecule has 0 aromatic heterocycles. The number of rotatable bonds is 2. The van der Waals surface area contributed by atoms with E-state index in [1.165, 1.54) is 6.42 Å². The number of hydrogen-bond donors (Lipinski definition) is 1. The van der Waals surface area contributed by atoms with E-state index in [1.807, 2.05) is 29.2 Å². The molecule has 0 radical (unpaired) electrons. The zero-order chi connectivity index (χ0) is 13.0. The minimum absolute atomic E-state index is 0.0187. The lowest BCUT2D eigenvalue weighted by Gasteiger charge is -2.30. The summed E-state index contributed by atoms with van der Waals surface area (Å²) in [6.45, 7) is 3.88. The summed E-state index contributed by atoms with van der Waals surface area (Å²) in [5.74, 6) is 1.34. The third kappa shape index (κ3) is 3.15. The molecule has 2 rings (SSSR count). The van der Waals surface area contributed by atoms with Crippen molar-refractivity contribution in [2.75, 3.05) is 25.5 Å². The quantitative estimate of drug-likeness (QED) is 0.874. The third-order valence-electron chi connectivity index (χ3n) is 3.27. The minimum Gasteiger partial charge on any atom is -0.497 e. The van der Waals surface area contributed by atoms with Gasteiger partial charge in [-0.1, -0.05) is 13.0 Å². The Hall–Kier alpha value is -1.71. The lowest BCUT2D eigenvalue weighted by molar-refractivity contribution is 0.182. The fourth-order valence-electron chi connectivity index (χ4n) is 2.28. The van der Waals surface area contributed by atoms with Gasteiger partial charge in [0.2, 0.25) is 0 Å². The Kier molecular flexibility index (Phi) is 4.07. The van der Waals surface area contributed by atoms with E-state index in [4.69, 9.17) is 4.74 Å². The second-order valence-electron chi connectivity index (χ2n) is 4.86. The molecule has 1 N–H and O–H groups in total. The molecule has 1 aliphatic rings. The molecule has 0 spiro atoms. The van der Waals surface area contributed by atoms with Gasteiger partial charge in [0, 0.05) is 24.8 Å². The summed E-state index contributed by atoms with van der Waals surface area (Å²) in [5.41, 5.74) is 0.776. The van der Waals surface area contributed by atoms with Crippen molar-refractivity contribution in [3.63, 3.8) is 0 Å². The van der Waals surface area contributed by atoms with Crippen LogP contribution in [0.2, 0.25) is 0 Å². The predicted octanol–water partition coefficient (Wildman–Crippen LogP) is 2.96. The highest BCUT2D eigenvalue weighted by Crippen LogP contribution is 2.19. The van der Waals surface area contributed by atoms with Crippen LogP contribution in [0.1, 0.15) is 19.8 Å². The maximum Gasteiger partial charge on any atom is 0.321 e. The number of nitrogens with one attached hydrogen (secondary N) is 1. The van der Waals surface area contributed by atoms with Crippen LogP contribution < -0.4 is 10.1 Å². The Balaban J connectivity index is 1.97. The molecule has 4 heteroatoms. The molecule has 1 aromatic carbocycles. The van der Waals surface area contributed by atoms with Gasteiger partial charge >= 0.3 is 6.03 Å². The molecule has 0 aliphatic carbocycles. The topological polar surface area (TPSA) is 41.6 Å². The predicted molar refractivity (Wildman–Crippen MR) is 72.0 cm³/mol. The first-order valence-electron chi connectivity index (χ1n) is 6.39. The van der Waals surface area contributed by atoms with Crippen LogP contribution in [0.5, 0.6) is 5.75 Å². The van der Waals surface area contributed by atoms with E-state index in [-0.39, 0.29) is 6.03 Å². The summed E-state index contributed by atoms with van der Waals surface area (Å²) in [6.07, 6.45) is 2.30. The van der Waals surface area contributed by atoms with Crippen molar-refractivity contribution in [3.8, 4) is 5.75 Å². The molecule has 0 unspecified atom stereocenters. The van der Waals surface area contributed by atoms with Crippen LogP contribution in [0.4, 0.5) is 10.5 Å². The summed E-state index contributed by atoms with van der Waals surface area (Å²) in [4.78, 5) is 14.0. The van der Waals surface area contributed by atoms with E-state index in [2.05, 4.69) is 12.2 Å². The Labute approximate surface area is 108 Å². The number of carbonyl (C=O) groups excluding carboxylic acids is 1. The van der Waals surface area contributed by atoms with E-state index in [1.54, 1.807) is 7.11 Å². The fraction of sp³-hybridized carbons (Fsp3) is 0.500. The molecule has 1 aromatic rings. The van der Waals surface area contributed by atoms with Crippen molar-refractivity contribution in [2.45, 2.75) is 19.8 Å². The standard InChI is InChI=1S/C14H20N2O2/c1-11-5-4-8-16(10-11)14(17)15-12-6-3-7-13(9-12)18-2/h3,6-7,9,11H,4-5,8,10H2,1-2H3,(H,15,17)/t11-/m1/s1. The Morgan fingerprint density at radius 1 is 1.50 bits per heavy atom. The first-order valence-corrected chi connectivity index (χ1v) is 6.39. The number of amides is 2. The molecule has 1 heterocycles. The Morgan fingerprint density at radius 3 is 3.06 bits per heavy atom. The van der Waals surface area contributed by atoms with Crippen LogP contribution in [0, 0.1) is 5.92 Å². The normalized spacial score (nSPS) is 19.4. The van der Waals surface area contributed by atoms with Gasteiger partial charge in [-0.2, -0.15) is 0 Å². The summed E-state index contributed by atoms with van der Waals surface area (Å²) in [6, 6.07) is 7.40. The molecule has 18 heavy (non-hydrogen) atoms. The molecule has 1 saturated heterocycles. The largest absolute Gasteiger partial charge is 0.497 e. The van der Waals surface area contributed by atoms with Crippen LogP contribution in [0.25, 0.3) is 0 Å². The monoisotopic (exact) mass is 248 g/mol. The first kappa shape index (κ1) is 12.7. The smallest absolute Gasteiger partial charge is 0.321 e. The highest BCUT2D eigenvalue weighted by atomic mass is 16.5. The number of piperidine rings is 1. The molecule has 0 saturated carbocycles. The number of ether oxygens (including phenoxy) is 1. The van der Waals surface area contributed by atoms with Crippen molar-refractivity contribution in [1.29, 1.82) is 0 Å². The van der Waals surface area contributed by atoms with E-state index in [9.17, 15) is 4.79 Å². The van der Waals surface area contributed by atoms with Gasteiger partial charge < -0.3 is 15.0 Å². The third-order valence-corrected chi connectivity index (χ3v) is 3.27. The molecule has 1 atom stereocenters. The summed E-state index contributed by atoms with van der Waals surface area (Å²) >= 11 is 0. The number of anilines is 1. The zero-order valence-electron chi connectivity index (χ0n) is 11.0. The van der Waals surface area contributed by atoms with Gasteiger partial charge in [-0.15, -0.1) is 0 Å². The SMILES string of the molecule is COc1cccc(NC(=O)N2CCC[C@@H](C)C2)c1. The second-order valence-corrected chi connectivity index (χ2v) is 4.86. The molecule has 1 fully saturated rings. The Morgan fingerprint density at radius 2 is 2.33 bits per heavy atom. The minimum atomic E-state index is -0.0187. The van der Waals surface area contributed by atoms with Crippen molar-refractivity contribution in [3.05, 3.63) is 24.3 Å². The lowest BCUT2D eigenvalue weighted by atomic mass is 10.0. The fourth-order valence-corrected chi connectivity index (χ4v) is 2.28. The summed E-state index contributed by atoms with van der Waals surface area (Å²) in [7, 11) is 1.62. The molecular weight excluding hydrogens is 228 g/mol. The lowest BCUT2D eigenvalue weighted by Crippen LogP contribution is -2.41. The van der Waals surface area contributed by atoms with E-state index < -0.39 is 0 Å². The van der Waals surface area contributed by atoms with Gasteiger partial charge in [-0.3, -0.25) is 0 Å². The summed E-state index contributed by atoms with van der Waals surface area (Å²) in [5, 5.41) is 2.91. The van der Waals surface area contributed by atoms with Crippen molar-refractivity contribution in [1.82, 2.24) is 4.90 Å². The molecule has 2 amide bonds. The Bertz CT molecular complexity index is 420. The van der Waals surface area contributed by atoms with Gasteiger partial charge in [0.25, 0.3) is 0 Å². The van der Waals surface area contributed by atoms with Crippen molar-refractivity contribution < 1.29 is 9.53 Å². The number of methoxy groups -OCH3 is 1. The average Bonchev–Trinajstić information content (AvgIpc) is 2.39. The van der Waals surface area contributed by atoms with Crippen molar-refractivity contribution in [2.24, 2.45) is 5.92 Å². The van der Waals surface area contributed by atoms with Gasteiger partial charge in [0.1, 0.15) is 5.75 Å².